The lowest BCUT2D eigenvalue weighted by Crippen LogP contribution is -2.33. The highest BCUT2D eigenvalue weighted by atomic mass is 32.2. The van der Waals surface area contributed by atoms with E-state index >= 15 is 0 Å². The van der Waals surface area contributed by atoms with Gasteiger partial charge in [-0.3, -0.25) is 28.7 Å². The van der Waals surface area contributed by atoms with E-state index in [1.54, 1.807) is 43.6 Å². The van der Waals surface area contributed by atoms with Crippen molar-refractivity contribution in [1.82, 2.24) is 9.55 Å². The zero-order chi connectivity index (χ0) is 30.2. The average molecular weight is 615 g/mol. The molecule has 3 amide bonds. The average Bonchev–Trinajstić information content (AvgIpc) is 3.45. The first-order valence-electron chi connectivity index (χ1n) is 13.6. The summed E-state index contributed by atoms with van der Waals surface area (Å²) in [5.41, 5.74) is 2.86. The van der Waals surface area contributed by atoms with Gasteiger partial charge in [-0.1, -0.05) is 47.4 Å². The normalized spacial score (nSPS) is 19.1. The van der Waals surface area contributed by atoms with Gasteiger partial charge in [0, 0.05) is 28.9 Å². The highest BCUT2D eigenvalue weighted by Crippen LogP contribution is 2.53. The number of amides is 3. The molecule has 1 fully saturated rings. The zero-order valence-corrected chi connectivity index (χ0v) is 24.8. The van der Waals surface area contributed by atoms with Crippen LogP contribution in [-0.2, 0) is 25.7 Å². The fourth-order valence-corrected chi connectivity index (χ4v) is 8.21. The zero-order valence-electron chi connectivity index (χ0n) is 23.2. The molecule has 3 atom stereocenters. The molecule has 10 nitrogen and oxygen atoms in total. The molecule has 2 aromatic heterocycles. The van der Waals surface area contributed by atoms with Gasteiger partial charge in [-0.2, -0.15) is 0 Å². The molecular formula is C31H26N4O6S2. The molecule has 218 valence electrons. The van der Waals surface area contributed by atoms with E-state index in [1.165, 1.54) is 16.7 Å². The molecule has 2 aliphatic heterocycles. The van der Waals surface area contributed by atoms with Crippen LogP contribution in [0, 0.1) is 12.8 Å². The van der Waals surface area contributed by atoms with E-state index in [0.29, 0.717) is 32.4 Å². The van der Waals surface area contributed by atoms with Gasteiger partial charge in [0.2, 0.25) is 17.7 Å². The molecule has 0 saturated carbocycles. The number of benzene rings is 2. The minimum absolute atomic E-state index is 0.225. The number of nitrogens with one attached hydrogen (secondary N) is 1. The number of anilines is 2. The first-order chi connectivity index (χ1) is 20.8. The third-order valence-electron chi connectivity index (χ3n) is 7.45. The molecule has 1 N–H and O–H groups in total. The van der Waals surface area contributed by atoms with Crippen molar-refractivity contribution in [3.05, 3.63) is 104 Å². The van der Waals surface area contributed by atoms with Crippen LogP contribution < -0.4 is 15.1 Å². The Morgan fingerprint density at radius 3 is 2.47 bits per heavy atom. The van der Waals surface area contributed by atoms with Crippen LogP contribution >= 0.6 is 23.1 Å². The van der Waals surface area contributed by atoms with Crippen LogP contribution in [0.15, 0.2) is 82.9 Å². The van der Waals surface area contributed by atoms with E-state index in [2.05, 4.69) is 10.3 Å². The lowest BCUT2D eigenvalue weighted by atomic mass is 9.84. The fourth-order valence-electron chi connectivity index (χ4n) is 5.44. The van der Waals surface area contributed by atoms with Gasteiger partial charge in [0.05, 0.1) is 28.8 Å². The molecule has 43 heavy (non-hydrogen) atoms. The lowest BCUT2D eigenvalue weighted by molar-refractivity contribution is -0.122. The summed E-state index contributed by atoms with van der Waals surface area (Å²) in [4.78, 5) is 72.0. The first kappa shape index (κ1) is 28.6. The van der Waals surface area contributed by atoms with E-state index in [4.69, 9.17) is 4.74 Å². The Kier molecular flexibility index (Phi) is 7.72. The highest BCUT2D eigenvalue weighted by Gasteiger charge is 2.56. The number of carbonyl (C=O) groups is 4. The number of aromatic nitrogens is 2. The Hall–Kier alpha value is -4.55. The van der Waals surface area contributed by atoms with Gasteiger partial charge in [0.15, 0.2) is 0 Å². The number of pyridine rings is 1. The number of ether oxygens (including phenoxy) is 1. The van der Waals surface area contributed by atoms with Crippen LogP contribution in [0.4, 0.5) is 11.4 Å². The smallest absolute Gasteiger partial charge is 0.338 e. The Morgan fingerprint density at radius 2 is 1.77 bits per heavy atom. The number of imide groups is 1. The summed E-state index contributed by atoms with van der Waals surface area (Å²) in [6, 6.07) is 17.0. The first-order valence-corrected chi connectivity index (χ1v) is 15.3. The maximum atomic E-state index is 14.0. The monoisotopic (exact) mass is 614 g/mol. The predicted molar refractivity (Wildman–Crippen MR) is 162 cm³/mol. The molecule has 2 aliphatic rings. The molecule has 2 aromatic carbocycles. The minimum Gasteiger partial charge on any atom is -0.462 e. The molecule has 0 bridgehead atoms. The van der Waals surface area contributed by atoms with Crippen molar-refractivity contribution in [3.63, 3.8) is 0 Å². The minimum atomic E-state index is -0.838. The van der Waals surface area contributed by atoms with Gasteiger partial charge in [0.1, 0.15) is 11.8 Å². The van der Waals surface area contributed by atoms with Gasteiger partial charge in [-0.25, -0.2) is 9.69 Å². The maximum absolute atomic E-state index is 14.0. The Labute approximate surface area is 254 Å². The molecule has 0 radical (unpaired) electrons. The van der Waals surface area contributed by atoms with Gasteiger partial charge in [0.25, 0.3) is 0 Å². The summed E-state index contributed by atoms with van der Waals surface area (Å²) in [7, 11) is 0. The van der Waals surface area contributed by atoms with E-state index in [-0.39, 0.29) is 23.9 Å². The quantitative estimate of drug-likeness (QED) is 0.242. The summed E-state index contributed by atoms with van der Waals surface area (Å²) >= 11 is 2.11. The largest absolute Gasteiger partial charge is 0.462 e. The van der Waals surface area contributed by atoms with Crippen molar-refractivity contribution in [2.75, 3.05) is 16.8 Å². The fraction of sp³-hybridized carbons (Fsp3) is 0.226. The molecule has 0 aliphatic carbocycles. The molecule has 1 saturated heterocycles. The van der Waals surface area contributed by atoms with Crippen molar-refractivity contribution >= 4 is 58.2 Å². The second-order valence-corrected chi connectivity index (χ2v) is 12.2. The third-order valence-corrected chi connectivity index (χ3v) is 10.1. The Bertz CT molecular complexity index is 1800. The van der Waals surface area contributed by atoms with Crippen molar-refractivity contribution < 1.29 is 23.9 Å². The number of carbonyl (C=O) groups excluding carboxylic acids is 4. The van der Waals surface area contributed by atoms with Gasteiger partial charge in [-0.15, -0.1) is 0 Å². The highest BCUT2D eigenvalue weighted by molar-refractivity contribution is 8.00. The molecule has 6 rings (SSSR count). The number of aryl methyl sites for hydroxylation is 1. The standard InChI is InChI=1S/C31H26N4O6S2/c1-3-41-30(39)18-10-12-20(13-11-18)35-27(37)24-23(19-8-6-14-32-15-19)26-29(42-25(24)28(35)38)34(31(40)43-26)16-22(36)33-21-9-5-4-7-17(21)2/h4-15,23-25H,3,16H2,1-2H3,(H,33,36)/t23-,24-,25+/m0/s1. The van der Waals surface area contributed by atoms with E-state index in [9.17, 15) is 24.0 Å². The van der Waals surface area contributed by atoms with Gasteiger partial charge in [-0.05, 0) is 61.4 Å². The van der Waals surface area contributed by atoms with Gasteiger partial charge < -0.3 is 10.1 Å². The molecule has 0 spiro atoms. The van der Waals surface area contributed by atoms with E-state index < -0.39 is 34.9 Å². The van der Waals surface area contributed by atoms with Crippen LogP contribution in [0.2, 0.25) is 0 Å². The van der Waals surface area contributed by atoms with Crippen LogP contribution in [0.5, 0.6) is 0 Å². The van der Waals surface area contributed by atoms with Crippen molar-refractivity contribution in [3.8, 4) is 0 Å². The number of hydrogen-bond donors (Lipinski definition) is 1. The summed E-state index contributed by atoms with van der Waals surface area (Å²) in [5.74, 6) is -3.13. The van der Waals surface area contributed by atoms with Crippen LogP contribution in [-0.4, -0.2) is 45.1 Å². The maximum Gasteiger partial charge on any atom is 0.338 e. The second-order valence-electron chi connectivity index (χ2n) is 10.1. The number of nitrogens with zero attached hydrogens (tertiary/aromatic N) is 3. The number of para-hydroxylation sites is 1. The molecule has 12 heteroatoms. The summed E-state index contributed by atoms with van der Waals surface area (Å²) in [5, 5.41) is 2.51. The summed E-state index contributed by atoms with van der Waals surface area (Å²) in [6.45, 7) is 3.57. The lowest BCUT2D eigenvalue weighted by Gasteiger charge is -2.30. The number of fused-ring (bicyclic) bond motifs is 2. The number of esters is 1. The summed E-state index contributed by atoms with van der Waals surface area (Å²) in [6.07, 6.45) is 3.25. The topological polar surface area (TPSA) is 128 Å². The van der Waals surface area contributed by atoms with Gasteiger partial charge >= 0.3 is 10.8 Å². The molecular weight excluding hydrogens is 588 g/mol. The SMILES string of the molecule is CCOC(=O)c1ccc(N2C(=O)[C@H]3[C@H](c4cccnc4)c4sc(=O)n(CC(=O)Nc5ccccc5C)c4S[C@H]3C2=O)cc1. The van der Waals surface area contributed by atoms with Crippen molar-refractivity contribution in [1.29, 1.82) is 0 Å². The Morgan fingerprint density at radius 1 is 1.00 bits per heavy atom. The molecule has 4 heterocycles. The van der Waals surface area contributed by atoms with Crippen LogP contribution in [0.25, 0.3) is 0 Å². The van der Waals surface area contributed by atoms with E-state index in [1.807, 2.05) is 31.2 Å². The number of rotatable bonds is 7. The Balaban J connectivity index is 1.36. The number of thioether (sulfide) groups is 1. The molecule has 0 unspecified atom stereocenters. The summed E-state index contributed by atoms with van der Waals surface area (Å²) < 4.78 is 6.42. The predicted octanol–water partition coefficient (Wildman–Crippen LogP) is 4.22. The number of thiazole rings is 1. The van der Waals surface area contributed by atoms with Crippen LogP contribution in [0.3, 0.4) is 0 Å². The van der Waals surface area contributed by atoms with Crippen molar-refractivity contribution in [2.45, 2.75) is 36.6 Å². The van der Waals surface area contributed by atoms with Crippen molar-refractivity contribution in [2.24, 2.45) is 5.92 Å². The molecule has 4 aromatic rings. The third kappa shape index (κ3) is 5.17. The van der Waals surface area contributed by atoms with Crippen LogP contribution in [0.1, 0.15) is 39.2 Å². The number of hydrogen-bond acceptors (Lipinski definition) is 9. The second kappa shape index (κ2) is 11.6. The van der Waals surface area contributed by atoms with E-state index in [0.717, 1.165) is 33.6 Å².